The van der Waals surface area contributed by atoms with Crippen LogP contribution in [0.15, 0.2) is 60.7 Å². The maximum atomic E-state index is 12.9. The summed E-state index contributed by atoms with van der Waals surface area (Å²) >= 11 is 6.29. The summed E-state index contributed by atoms with van der Waals surface area (Å²) in [6.45, 7) is 0. The van der Waals surface area contributed by atoms with E-state index in [-0.39, 0.29) is 5.97 Å². The Kier molecular flexibility index (Phi) is 4.25. The van der Waals surface area contributed by atoms with Crippen molar-refractivity contribution in [2.45, 2.75) is 43.7 Å². The van der Waals surface area contributed by atoms with Gasteiger partial charge in [0.1, 0.15) is 11.5 Å². The number of fused-ring (bicyclic) bond motifs is 6. The second-order valence-electron chi connectivity index (χ2n) is 8.55. The molecule has 1 N–H and O–H groups in total. The van der Waals surface area contributed by atoms with E-state index in [4.69, 9.17) is 21.1 Å². The second-order valence-corrected chi connectivity index (χ2v) is 8.99. The van der Waals surface area contributed by atoms with Gasteiger partial charge in [-0.1, -0.05) is 49.1 Å². The monoisotopic (exact) mass is 431 g/mol. The summed E-state index contributed by atoms with van der Waals surface area (Å²) in [5, 5.41) is 4.23. The summed E-state index contributed by atoms with van der Waals surface area (Å²) in [5.41, 5.74) is 3.01. The van der Waals surface area contributed by atoms with E-state index < -0.39 is 5.60 Å². The molecule has 31 heavy (non-hydrogen) atoms. The minimum absolute atomic E-state index is 0.325. The van der Waals surface area contributed by atoms with Crippen molar-refractivity contribution in [3.63, 3.8) is 0 Å². The molecule has 0 aromatic heterocycles. The molecule has 4 nitrogen and oxygen atoms in total. The number of rotatable bonds is 2. The van der Waals surface area contributed by atoms with Crippen LogP contribution < -0.4 is 10.1 Å². The first-order valence-corrected chi connectivity index (χ1v) is 11.2. The summed E-state index contributed by atoms with van der Waals surface area (Å²) in [6, 6.07) is 19.7. The SMILES string of the molecule is O=C1OC2(c3ccc(Cl)cc3Oc3cc(NC4CCCCC4)ccc32)c2ccccc21. The molecule has 0 amide bonds. The molecule has 2 aliphatic heterocycles. The quantitative estimate of drug-likeness (QED) is 0.461. The zero-order valence-corrected chi connectivity index (χ0v) is 17.7. The molecular formula is C26H22ClNO3. The van der Waals surface area contributed by atoms with Crippen LogP contribution in [0.1, 0.15) is 59.2 Å². The maximum Gasteiger partial charge on any atom is 0.340 e. The fourth-order valence-electron chi connectivity index (χ4n) is 5.22. The fourth-order valence-corrected chi connectivity index (χ4v) is 5.38. The number of hydrogen-bond acceptors (Lipinski definition) is 4. The summed E-state index contributed by atoms with van der Waals surface area (Å²) in [7, 11) is 0. The zero-order valence-electron chi connectivity index (χ0n) is 17.0. The molecule has 2 heterocycles. The summed E-state index contributed by atoms with van der Waals surface area (Å²) < 4.78 is 12.5. The van der Waals surface area contributed by atoms with Crippen LogP contribution >= 0.6 is 11.6 Å². The van der Waals surface area contributed by atoms with Crippen LogP contribution in [-0.4, -0.2) is 12.0 Å². The van der Waals surface area contributed by atoms with E-state index in [0.29, 0.717) is 28.1 Å². The Labute approximate surface area is 186 Å². The predicted molar refractivity (Wildman–Crippen MR) is 120 cm³/mol. The minimum Gasteiger partial charge on any atom is -0.456 e. The van der Waals surface area contributed by atoms with Crippen molar-refractivity contribution in [1.29, 1.82) is 0 Å². The van der Waals surface area contributed by atoms with E-state index in [1.165, 1.54) is 32.1 Å². The first-order valence-electron chi connectivity index (χ1n) is 10.9. The first kappa shape index (κ1) is 18.8. The molecule has 1 fully saturated rings. The number of halogens is 1. The van der Waals surface area contributed by atoms with Gasteiger partial charge in [0, 0.05) is 39.5 Å². The lowest BCUT2D eigenvalue weighted by Crippen LogP contribution is -2.33. The van der Waals surface area contributed by atoms with E-state index in [9.17, 15) is 4.79 Å². The number of nitrogens with one attached hydrogen (secondary N) is 1. The van der Waals surface area contributed by atoms with Gasteiger partial charge >= 0.3 is 5.97 Å². The molecule has 1 spiro atoms. The number of ether oxygens (including phenoxy) is 2. The number of benzene rings is 3. The van der Waals surface area contributed by atoms with Crippen molar-refractivity contribution < 1.29 is 14.3 Å². The van der Waals surface area contributed by atoms with Gasteiger partial charge in [-0.3, -0.25) is 0 Å². The predicted octanol–water partition coefficient (Wildman–Crippen LogP) is 6.65. The molecule has 3 aromatic carbocycles. The van der Waals surface area contributed by atoms with Crippen molar-refractivity contribution >= 4 is 23.3 Å². The van der Waals surface area contributed by atoms with E-state index in [0.717, 1.165) is 22.4 Å². The van der Waals surface area contributed by atoms with Crippen LogP contribution in [0.4, 0.5) is 5.69 Å². The molecule has 1 aliphatic carbocycles. The molecule has 156 valence electrons. The summed E-state index contributed by atoms with van der Waals surface area (Å²) in [4.78, 5) is 12.9. The third-order valence-corrected chi connectivity index (χ3v) is 6.89. The lowest BCUT2D eigenvalue weighted by atomic mass is 9.77. The highest BCUT2D eigenvalue weighted by atomic mass is 35.5. The molecule has 0 bridgehead atoms. The van der Waals surface area contributed by atoms with Gasteiger partial charge in [-0.05, 0) is 49.2 Å². The first-order chi connectivity index (χ1) is 15.1. The van der Waals surface area contributed by atoms with Crippen LogP contribution in [0.5, 0.6) is 11.5 Å². The highest BCUT2D eigenvalue weighted by Gasteiger charge is 2.53. The van der Waals surface area contributed by atoms with Gasteiger partial charge in [0.05, 0.1) is 5.56 Å². The highest BCUT2D eigenvalue weighted by molar-refractivity contribution is 6.30. The number of hydrogen-bond donors (Lipinski definition) is 1. The van der Waals surface area contributed by atoms with Crippen LogP contribution in [0, 0.1) is 0 Å². The number of carbonyl (C=O) groups excluding carboxylic acids is 1. The molecule has 0 radical (unpaired) electrons. The third-order valence-electron chi connectivity index (χ3n) is 6.65. The minimum atomic E-state index is -1.04. The van der Waals surface area contributed by atoms with E-state index in [1.54, 1.807) is 6.07 Å². The molecule has 6 rings (SSSR count). The molecule has 0 saturated heterocycles. The Bertz CT molecular complexity index is 1200. The van der Waals surface area contributed by atoms with Crippen LogP contribution in [0.25, 0.3) is 0 Å². The van der Waals surface area contributed by atoms with Crippen molar-refractivity contribution in [2.75, 3.05) is 5.32 Å². The van der Waals surface area contributed by atoms with E-state index >= 15 is 0 Å². The molecule has 1 unspecified atom stereocenters. The molecule has 5 heteroatoms. The Hall–Kier alpha value is -2.98. The van der Waals surface area contributed by atoms with Gasteiger partial charge in [0.15, 0.2) is 5.60 Å². The molecular weight excluding hydrogens is 410 g/mol. The second kappa shape index (κ2) is 7.03. The average molecular weight is 432 g/mol. The molecule has 1 atom stereocenters. The van der Waals surface area contributed by atoms with Gasteiger partial charge in [-0.2, -0.15) is 0 Å². The number of anilines is 1. The van der Waals surface area contributed by atoms with Crippen LogP contribution in [0.3, 0.4) is 0 Å². The smallest absolute Gasteiger partial charge is 0.340 e. The van der Waals surface area contributed by atoms with Crippen molar-refractivity contribution in [3.05, 3.63) is 87.9 Å². The third kappa shape index (κ3) is 2.85. The summed E-state index contributed by atoms with van der Waals surface area (Å²) in [5.74, 6) is 0.966. The highest BCUT2D eigenvalue weighted by Crippen LogP contribution is 2.56. The van der Waals surface area contributed by atoms with Crippen LogP contribution in [0.2, 0.25) is 5.02 Å². The lowest BCUT2D eigenvalue weighted by Gasteiger charge is -2.37. The molecule has 3 aliphatic rings. The van der Waals surface area contributed by atoms with E-state index in [2.05, 4.69) is 11.4 Å². The summed E-state index contributed by atoms with van der Waals surface area (Å²) in [6.07, 6.45) is 6.22. The molecule has 3 aromatic rings. The number of carbonyl (C=O) groups is 1. The average Bonchev–Trinajstić information content (AvgIpc) is 3.07. The lowest BCUT2D eigenvalue weighted by molar-refractivity contribution is 0.0224. The topological polar surface area (TPSA) is 47.6 Å². The van der Waals surface area contributed by atoms with Crippen LogP contribution in [-0.2, 0) is 10.3 Å². The normalized spacial score (nSPS) is 21.6. The van der Waals surface area contributed by atoms with Crippen molar-refractivity contribution in [1.82, 2.24) is 0 Å². The van der Waals surface area contributed by atoms with Gasteiger partial charge < -0.3 is 14.8 Å². The Morgan fingerprint density at radius 2 is 1.61 bits per heavy atom. The van der Waals surface area contributed by atoms with Crippen molar-refractivity contribution in [2.24, 2.45) is 0 Å². The van der Waals surface area contributed by atoms with Crippen molar-refractivity contribution in [3.8, 4) is 11.5 Å². The van der Waals surface area contributed by atoms with Gasteiger partial charge in [-0.15, -0.1) is 0 Å². The Balaban J connectivity index is 1.51. The number of esters is 1. The zero-order chi connectivity index (χ0) is 21.0. The molecule has 1 saturated carbocycles. The Morgan fingerprint density at radius 3 is 2.45 bits per heavy atom. The van der Waals surface area contributed by atoms with Gasteiger partial charge in [0.25, 0.3) is 0 Å². The standard InChI is InChI=1S/C26H22ClNO3/c27-16-10-12-21-23(14-16)30-24-15-18(28-17-6-2-1-3-7-17)11-13-22(24)26(21)20-9-5-4-8-19(20)25(29)31-26/h4-5,8-15,17,28H,1-3,6-7H2. The largest absolute Gasteiger partial charge is 0.456 e. The van der Waals surface area contributed by atoms with E-state index in [1.807, 2.05) is 48.5 Å². The fraction of sp³-hybridized carbons (Fsp3) is 0.269. The van der Waals surface area contributed by atoms with Gasteiger partial charge in [0.2, 0.25) is 0 Å². The van der Waals surface area contributed by atoms with Gasteiger partial charge in [-0.25, -0.2) is 4.79 Å². The maximum absolute atomic E-state index is 12.9. The Morgan fingerprint density at radius 1 is 0.871 bits per heavy atom.